The van der Waals surface area contributed by atoms with Crippen molar-refractivity contribution in [2.75, 3.05) is 19.1 Å². The fourth-order valence-electron chi connectivity index (χ4n) is 4.23. The number of methoxy groups -OCH3 is 2. The van der Waals surface area contributed by atoms with Gasteiger partial charge in [0.15, 0.2) is 0 Å². The standard InChI is InChI=1S/C28H28N2O5/c1-28(2,3)18-6-8-19(9-7-18)30-24(17-12-14-29-15-13-17)23(26(32)27(30)33)25(31)21-16-20(34-4)10-11-22(21)35-5/h6-16,24,31H,1-5H3/b25-23+. The minimum Gasteiger partial charge on any atom is -0.507 e. The van der Waals surface area contributed by atoms with Crippen LogP contribution in [0.3, 0.4) is 0 Å². The SMILES string of the molecule is COc1ccc(OC)c(/C(O)=C2\C(=O)C(=O)N(c3ccc(C(C)(C)C)cc3)C2c2ccncc2)c1. The van der Waals surface area contributed by atoms with Gasteiger partial charge in [-0.25, -0.2) is 0 Å². The maximum Gasteiger partial charge on any atom is 0.300 e. The lowest BCUT2D eigenvalue weighted by molar-refractivity contribution is -0.132. The molecule has 4 rings (SSSR count). The quantitative estimate of drug-likeness (QED) is 0.319. The fourth-order valence-corrected chi connectivity index (χ4v) is 4.23. The number of carbonyl (C=O) groups is 2. The molecule has 3 aromatic rings. The van der Waals surface area contributed by atoms with Gasteiger partial charge in [-0.3, -0.25) is 19.5 Å². The van der Waals surface area contributed by atoms with Crippen LogP contribution in [-0.4, -0.2) is 36.0 Å². The van der Waals surface area contributed by atoms with Crippen molar-refractivity contribution in [3.8, 4) is 11.5 Å². The second kappa shape index (κ2) is 9.25. The minimum atomic E-state index is -0.852. The van der Waals surface area contributed by atoms with Gasteiger partial charge in [-0.1, -0.05) is 32.9 Å². The zero-order valence-corrected chi connectivity index (χ0v) is 20.4. The van der Waals surface area contributed by atoms with Gasteiger partial charge in [-0.2, -0.15) is 0 Å². The van der Waals surface area contributed by atoms with E-state index in [1.165, 1.54) is 19.1 Å². The highest BCUT2D eigenvalue weighted by Gasteiger charge is 2.47. The van der Waals surface area contributed by atoms with Gasteiger partial charge < -0.3 is 14.6 Å². The van der Waals surface area contributed by atoms with Crippen LogP contribution in [0.25, 0.3) is 5.76 Å². The molecule has 1 N–H and O–H groups in total. The van der Waals surface area contributed by atoms with Crippen LogP contribution in [0.2, 0.25) is 0 Å². The number of amides is 1. The normalized spacial score (nSPS) is 17.5. The number of Topliss-reactive ketones (excluding diaryl/α,β-unsaturated/α-hetero) is 1. The molecular weight excluding hydrogens is 444 g/mol. The zero-order chi connectivity index (χ0) is 25.3. The summed E-state index contributed by atoms with van der Waals surface area (Å²) in [6, 6.07) is 15.0. The van der Waals surface area contributed by atoms with Crippen molar-refractivity contribution in [3.05, 3.63) is 89.3 Å². The van der Waals surface area contributed by atoms with Gasteiger partial charge >= 0.3 is 0 Å². The maximum atomic E-state index is 13.4. The Bertz CT molecular complexity index is 1290. The number of aliphatic hydroxyl groups is 1. The monoisotopic (exact) mass is 472 g/mol. The van der Waals surface area contributed by atoms with Gasteiger partial charge in [0, 0.05) is 18.1 Å². The summed E-state index contributed by atoms with van der Waals surface area (Å²) < 4.78 is 10.7. The number of pyridine rings is 1. The number of nitrogens with zero attached hydrogens (tertiary/aromatic N) is 2. The van der Waals surface area contributed by atoms with Crippen molar-refractivity contribution in [1.29, 1.82) is 0 Å². The molecule has 35 heavy (non-hydrogen) atoms. The highest BCUT2D eigenvalue weighted by atomic mass is 16.5. The summed E-state index contributed by atoms with van der Waals surface area (Å²) in [5, 5.41) is 11.4. The molecule has 180 valence electrons. The number of aromatic nitrogens is 1. The van der Waals surface area contributed by atoms with Gasteiger partial charge in [0.05, 0.1) is 31.4 Å². The Morgan fingerprint density at radius 2 is 1.60 bits per heavy atom. The van der Waals surface area contributed by atoms with E-state index in [0.29, 0.717) is 22.7 Å². The molecule has 2 heterocycles. The Labute approximate surface area is 204 Å². The number of hydrogen-bond acceptors (Lipinski definition) is 6. The molecular formula is C28H28N2O5. The van der Waals surface area contributed by atoms with Crippen LogP contribution in [0.15, 0.2) is 72.6 Å². The molecule has 0 radical (unpaired) electrons. The molecule has 0 spiro atoms. The molecule has 1 aromatic heterocycles. The average molecular weight is 473 g/mol. The third-order valence-electron chi connectivity index (χ3n) is 6.14. The Morgan fingerprint density at radius 1 is 0.943 bits per heavy atom. The topological polar surface area (TPSA) is 89.0 Å². The van der Waals surface area contributed by atoms with Crippen LogP contribution in [-0.2, 0) is 15.0 Å². The first-order valence-corrected chi connectivity index (χ1v) is 11.2. The van der Waals surface area contributed by atoms with E-state index >= 15 is 0 Å². The average Bonchev–Trinajstić information content (AvgIpc) is 3.13. The lowest BCUT2D eigenvalue weighted by atomic mass is 9.87. The zero-order valence-electron chi connectivity index (χ0n) is 20.4. The molecule has 1 saturated heterocycles. The van der Waals surface area contributed by atoms with Gasteiger partial charge in [-0.15, -0.1) is 0 Å². The number of ketones is 1. The van der Waals surface area contributed by atoms with E-state index in [1.807, 2.05) is 24.3 Å². The molecule has 1 fully saturated rings. The van der Waals surface area contributed by atoms with E-state index in [-0.39, 0.29) is 22.3 Å². The first kappa shape index (κ1) is 24.0. The number of anilines is 1. The molecule has 1 aliphatic heterocycles. The van der Waals surface area contributed by atoms with E-state index in [9.17, 15) is 14.7 Å². The summed E-state index contributed by atoms with van der Waals surface area (Å²) in [5.74, 6) is -1.03. The number of ether oxygens (including phenoxy) is 2. The molecule has 0 saturated carbocycles. The third-order valence-corrected chi connectivity index (χ3v) is 6.14. The smallest absolute Gasteiger partial charge is 0.300 e. The largest absolute Gasteiger partial charge is 0.507 e. The summed E-state index contributed by atoms with van der Waals surface area (Å²) in [7, 11) is 2.97. The lowest BCUT2D eigenvalue weighted by Crippen LogP contribution is -2.29. The van der Waals surface area contributed by atoms with Crippen molar-refractivity contribution in [2.45, 2.75) is 32.2 Å². The van der Waals surface area contributed by atoms with E-state index in [1.54, 1.807) is 42.7 Å². The minimum absolute atomic E-state index is 0.0346. The molecule has 1 aliphatic rings. The Hall–Kier alpha value is -4.13. The van der Waals surface area contributed by atoms with Crippen LogP contribution >= 0.6 is 0 Å². The van der Waals surface area contributed by atoms with Crippen molar-refractivity contribution in [2.24, 2.45) is 0 Å². The first-order valence-electron chi connectivity index (χ1n) is 11.2. The summed E-state index contributed by atoms with van der Waals surface area (Å²) in [5.41, 5.74) is 2.44. The van der Waals surface area contributed by atoms with Gasteiger partial charge in [-0.05, 0) is 59.0 Å². The lowest BCUT2D eigenvalue weighted by Gasteiger charge is -2.26. The first-order chi connectivity index (χ1) is 16.7. The van der Waals surface area contributed by atoms with Crippen LogP contribution in [0, 0.1) is 0 Å². The second-order valence-corrected chi connectivity index (χ2v) is 9.31. The number of benzene rings is 2. The Balaban J connectivity index is 1.93. The van der Waals surface area contributed by atoms with E-state index in [4.69, 9.17) is 9.47 Å². The molecule has 0 aliphatic carbocycles. The highest BCUT2D eigenvalue weighted by molar-refractivity contribution is 6.51. The van der Waals surface area contributed by atoms with Crippen molar-refractivity contribution in [3.63, 3.8) is 0 Å². The predicted octanol–water partition coefficient (Wildman–Crippen LogP) is 5.02. The molecule has 2 aromatic carbocycles. The van der Waals surface area contributed by atoms with Crippen molar-refractivity contribution in [1.82, 2.24) is 4.98 Å². The summed E-state index contributed by atoms with van der Waals surface area (Å²) in [6.45, 7) is 6.31. The van der Waals surface area contributed by atoms with Crippen LogP contribution in [0.4, 0.5) is 5.69 Å². The van der Waals surface area contributed by atoms with Gasteiger partial charge in [0.1, 0.15) is 17.3 Å². The van der Waals surface area contributed by atoms with Crippen molar-refractivity contribution < 1.29 is 24.2 Å². The van der Waals surface area contributed by atoms with Crippen molar-refractivity contribution >= 4 is 23.1 Å². The molecule has 7 nitrogen and oxygen atoms in total. The Morgan fingerprint density at radius 3 is 2.17 bits per heavy atom. The molecule has 1 amide bonds. The van der Waals surface area contributed by atoms with Gasteiger partial charge in [0.25, 0.3) is 11.7 Å². The molecule has 1 atom stereocenters. The molecule has 0 bridgehead atoms. The molecule has 7 heteroatoms. The van der Waals surface area contributed by atoms with E-state index < -0.39 is 17.7 Å². The van der Waals surface area contributed by atoms with Crippen LogP contribution in [0.1, 0.15) is 43.5 Å². The summed E-state index contributed by atoms with van der Waals surface area (Å²) in [6.07, 6.45) is 3.18. The third kappa shape index (κ3) is 4.37. The maximum absolute atomic E-state index is 13.4. The predicted molar refractivity (Wildman–Crippen MR) is 134 cm³/mol. The Kier molecular flexibility index (Phi) is 6.35. The summed E-state index contributed by atoms with van der Waals surface area (Å²) in [4.78, 5) is 32.2. The number of hydrogen-bond donors (Lipinski definition) is 1. The summed E-state index contributed by atoms with van der Waals surface area (Å²) >= 11 is 0. The number of carbonyl (C=O) groups excluding carboxylic acids is 2. The van der Waals surface area contributed by atoms with E-state index in [0.717, 1.165) is 5.56 Å². The second-order valence-electron chi connectivity index (χ2n) is 9.31. The van der Waals surface area contributed by atoms with Crippen LogP contribution < -0.4 is 14.4 Å². The number of rotatable bonds is 5. The van der Waals surface area contributed by atoms with Crippen LogP contribution in [0.5, 0.6) is 11.5 Å². The fraction of sp³-hybridized carbons (Fsp3) is 0.250. The van der Waals surface area contributed by atoms with Gasteiger partial charge in [0.2, 0.25) is 0 Å². The van der Waals surface area contributed by atoms with E-state index in [2.05, 4.69) is 25.8 Å². The highest BCUT2D eigenvalue weighted by Crippen LogP contribution is 2.44. The molecule has 1 unspecified atom stereocenters. The number of aliphatic hydroxyl groups excluding tert-OH is 1.